The van der Waals surface area contributed by atoms with Crippen molar-refractivity contribution in [2.75, 3.05) is 14.2 Å². The van der Waals surface area contributed by atoms with Crippen LogP contribution in [0, 0.1) is 57.2 Å². The number of hydrogen-bond donors (Lipinski definition) is 0. The summed E-state index contributed by atoms with van der Waals surface area (Å²) in [7, 11) is 3.27. The predicted molar refractivity (Wildman–Crippen MR) is 233 cm³/mol. The predicted octanol–water partition coefficient (Wildman–Crippen LogP) is 11.8. The lowest BCUT2D eigenvalue weighted by atomic mass is 9.73. The fourth-order valence-corrected chi connectivity index (χ4v) is 14.1. The minimum atomic E-state index is -0.529. The van der Waals surface area contributed by atoms with Gasteiger partial charge in [0.2, 0.25) is 0 Å². The summed E-state index contributed by atoms with van der Waals surface area (Å²) in [5.41, 5.74) is 3.11. The Morgan fingerprint density at radius 1 is 0.600 bits per heavy atom. The van der Waals surface area contributed by atoms with Crippen molar-refractivity contribution in [2.24, 2.45) is 11.8 Å². The second-order valence-electron chi connectivity index (χ2n) is 15.7. The van der Waals surface area contributed by atoms with Crippen LogP contribution in [0.15, 0.2) is 59.1 Å². The molecule has 4 aromatic rings. The molecule has 0 bridgehead atoms. The van der Waals surface area contributed by atoms with Crippen LogP contribution in [0.5, 0.6) is 11.5 Å². The molecule has 0 amide bonds. The summed E-state index contributed by atoms with van der Waals surface area (Å²) >= 11 is 6.25. The molecule has 2 saturated carbocycles. The molecule has 2 aliphatic heterocycles. The average Bonchev–Trinajstić information content (AvgIpc) is 4.10. The molecule has 0 radical (unpaired) electrons. The minimum Gasteiger partial charge on any atom is -0.495 e. The van der Waals surface area contributed by atoms with E-state index in [2.05, 4.69) is 24.3 Å². The first kappa shape index (κ1) is 38.5. The van der Waals surface area contributed by atoms with Gasteiger partial charge in [0, 0.05) is 32.7 Å². The summed E-state index contributed by atoms with van der Waals surface area (Å²) in [6, 6.07) is 11.6. The molecule has 6 heterocycles. The molecule has 10 nitrogen and oxygen atoms in total. The number of allylic oxidation sites excluding steroid dienone is 8. The molecular formula is C46H36N6O4S4. The Bertz CT molecular complexity index is 2610. The molecule has 2 fully saturated rings. The molecule has 4 aliphatic carbocycles. The Morgan fingerprint density at radius 2 is 1.00 bits per heavy atom. The van der Waals surface area contributed by atoms with Crippen LogP contribution in [0.4, 0.5) is 0 Å². The molecule has 2 atom stereocenters. The Labute approximate surface area is 363 Å². The van der Waals surface area contributed by atoms with E-state index in [1.54, 1.807) is 49.0 Å². The lowest BCUT2D eigenvalue weighted by molar-refractivity contribution is -0.0373. The molecule has 0 saturated heterocycles. The summed E-state index contributed by atoms with van der Waals surface area (Å²) in [6.45, 7) is 0. The maximum Gasteiger partial charge on any atom is 0.152 e. The minimum absolute atomic E-state index is 0.0316. The largest absolute Gasteiger partial charge is 0.495 e. The fourth-order valence-electron chi connectivity index (χ4n) is 9.42. The zero-order chi connectivity index (χ0) is 41.2. The van der Waals surface area contributed by atoms with E-state index >= 15 is 0 Å². The van der Waals surface area contributed by atoms with Gasteiger partial charge in [-0.25, -0.2) is 9.97 Å². The lowest BCUT2D eigenvalue weighted by Crippen LogP contribution is -2.38. The topological polar surface area (TPSA) is 158 Å². The molecule has 14 heteroatoms. The Kier molecular flexibility index (Phi) is 9.66. The van der Waals surface area contributed by atoms with Crippen molar-refractivity contribution in [1.29, 1.82) is 21.0 Å². The van der Waals surface area contributed by atoms with Crippen LogP contribution in [0.3, 0.4) is 0 Å². The number of nitriles is 4. The maximum absolute atomic E-state index is 9.41. The van der Waals surface area contributed by atoms with Gasteiger partial charge in [-0.1, -0.05) is 25.0 Å². The van der Waals surface area contributed by atoms with Crippen LogP contribution >= 0.6 is 45.3 Å². The molecule has 2 spiro atoms. The quantitative estimate of drug-likeness (QED) is 0.171. The third-order valence-electron chi connectivity index (χ3n) is 12.2. The molecule has 0 N–H and O–H groups in total. The first-order valence-electron chi connectivity index (χ1n) is 20.0. The number of rotatable bonds is 6. The van der Waals surface area contributed by atoms with Crippen molar-refractivity contribution < 1.29 is 18.9 Å². The Morgan fingerprint density at radius 3 is 1.37 bits per heavy atom. The number of thiazole rings is 2. The van der Waals surface area contributed by atoms with Crippen LogP contribution in [0.2, 0.25) is 0 Å². The molecule has 2 unspecified atom stereocenters. The Hall–Kier alpha value is -5.74. The molecular weight excluding hydrogens is 829 g/mol. The van der Waals surface area contributed by atoms with Crippen LogP contribution < -0.4 is 9.47 Å². The highest BCUT2D eigenvalue weighted by molar-refractivity contribution is 7.23. The van der Waals surface area contributed by atoms with E-state index in [-0.39, 0.29) is 23.0 Å². The van der Waals surface area contributed by atoms with Crippen LogP contribution in [-0.4, -0.2) is 24.2 Å². The third kappa shape index (κ3) is 6.25. The normalized spacial score (nSPS) is 21.0. The first-order valence-corrected chi connectivity index (χ1v) is 23.3. The van der Waals surface area contributed by atoms with Gasteiger partial charge in [0.05, 0.1) is 24.0 Å². The Balaban J connectivity index is 1.07. The number of aromatic nitrogens is 2. The summed E-state index contributed by atoms with van der Waals surface area (Å²) in [6.07, 6.45) is 22.6. The van der Waals surface area contributed by atoms with Crippen LogP contribution in [-0.2, 0) is 20.7 Å². The van der Waals surface area contributed by atoms with E-state index in [1.807, 2.05) is 36.4 Å². The lowest BCUT2D eigenvalue weighted by Gasteiger charge is -2.45. The number of thiophene rings is 2. The first-order chi connectivity index (χ1) is 29.3. The highest BCUT2D eigenvalue weighted by Crippen LogP contribution is 2.59. The molecule has 298 valence electrons. The van der Waals surface area contributed by atoms with E-state index < -0.39 is 11.2 Å². The van der Waals surface area contributed by atoms with Gasteiger partial charge in [-0.15, -0.1) is 45.3 Å². The molecule has 6 aliphatic rings. The molecule has 0 aromatic carbocycles. The van der Waals surface area contributed by atoms with Gasteiger partial charge in [0.15, 0.2) is 11.2 Å². The van der Waals surface area contributed by atoms with Crippen LogP contribution in [0.25, 0.3) is 43.1 Å². The molecule has 10 rings (SSSR count). The molecule has 4 aromatic heterocycles. The second kappa shape index (κ2) is 15.1. The van der Waals surface area contributed by atoms with E-state index in [0.29, 0.717) is 11.5 Å². The van der Waals surface area contributed by atoms with E-state index in [0.717, 1.165) is 138 Å². The second-order valence-corrected chi connectivity index (χ2v) is 19.9. The molecule has 60 heavy (non-hydrogen) atoms. The fraction of sp³-hybridized carbons (Fsp3) is 0.348. The average molecular weight is 865 g/mol. The number of nitrogens with zero attached hydrogens (tertiary/aromatic N) is 6. The summed E-state index contributed by atoms with van der Waals surface area (Å²) < 4.78 is 26.0. The number of ether oxygens (including phenoxy) is 4. The maximum atomic E-state index is 9.41. The van der Waals surface area contributed by atoms with Gasteiger partial charge in [0.1, 0.15) is 89.6 Å². The van der Waals surface area contributed by atoms with E-state index in [4.69, 9.17) is 28.9 Å². The van der Waals surface area contributed by atoms with Crippen molar-refractivity contribution in [3.63, 3.8) is 0 Å². The van der Waals surface area contributed by atoms with Crippen molar-refractivity contribution in [2.45, 2.75) is 75.4 Å². The number of hydrogen-bond acceptors (Lipinski definition) is 14. The van der Waals surface area contributed by atoms with Crippen molar-refractivity contribution in [3.8, 4) is 55.5 Å². The summed E-state index contributed by atoms with van der Waals surface area (Å²) in [5.74, 6) is 3.18. The van der Waals surface area contributed by atoms with E-state index in [9.17, 15) is 21.0 Å². The zero-order valence-corrected chi connectivity index (χ0v) is 36.1. The van der Waals surface area contributed by atoms with Crippen molar-refractivity contribution >= 4 is 68.6 Å². The van der Waals surface area contributed by atoms with Gasteiger partial charge in [0.25, 0.3) is 0 Å². The van der Waals surface area contributed by atoms with Crippen molar-refractivity contribution in [3.05, 3.63) is 90.0 Å². The highest BCUT2D eigenvalue weighted by atomic mass is 32.1. The monoisotopic (exact) mass is 864 g/mol. The smallest absolute Gasteiger partial charge is 0.152 e. The van der Waals surface area contributed by atoms with Gasteiger partial charge in [-0.3, -0.25) is 0 Å². The van der Waals surface area contributed by atoms with Gasteiger partial charge < -0.3 is 18.9 Å². The zero-order valence-electron chi connectivity index (χ0n) is 32.8. The van der Waals surface area contributed by atoms with Crippen molar-refractivity contribution in [1.82, 2.24) is 9.97 Å². The number of fused-ring (bicyclic) bond motifs is 9. The highest BCUT2D eigenvalue weighted by Gasteiger charge is 2.50. The summed E-state index contributed by atoms with van der Waals surface area (Å²) in [5, 5.41) is 39.3. The van der Waals surface area contributed by atoms with Crippen LogP contribution in [0.1, 0.15) is 95.1 Å². The van der Waals surface area contributed by atoms with Gasteiger partial charge in [-0.2, -0.15) is 21.0 Å². The van der Waals surface area contributed by atoms with E-state index in [1.165, 1.54) is 22.7 Å². The van der Waals surface area contributed by atoms with Gasteiger partial charge >= 0.3 is 0 Å². The standard InChI is InChI=1S/C46H36N6O4S4/c1-53-35-19-29(13-25(21-47)22-48)57-39(35)43-51-41-37(59-43)31-15-27-18-34-32(16-28(27)17-33(31)55-45(41)9-5-3-6-10-45)38-42(46(56-34)11-7-4-8-12-46)52-44(60-38)40-36(54-2)20-30(58-40)14-26(23-49)24-50/h13-20,27-28H,3-12H2,1-2H3. The summed E-state index contributed by atoms with van der Waals surface area (Å²) in [4.78, 5) is 16.2. The third-order valence-corrected chi connectivity index (χ3v) is 16.8. The SMILES string of the molecule is COc1cc(C=C(C#N)C#N)sc1-c1nc2c(s1)C1=CC3C=C4OC5(CCCCC5)c5nc(-c6sc(C=C(C#N)C#N)cc6OC)sc5C4=CC3C=C1OC21CCCCC1. The number of methoxy groups -OCH3 is 2. The van der Waals surface area contributed by atoms with Gasteiger partial charge in [-0.05, 0) is 87.8 Å².